The van der Waals surface area contributed by atoms with Gasteiger partial charge in [0, 0.05) is 18.2 Å². The predicted octanol–water partition coefficient (Wildman–Crippen LogP) is 4.09. The zero-order valence-corrected chi connectivity index (χ0v) is 9.04. The number of ether oxygens (including phenoxy) is 1. The molecule has 2 rings (SSSR count). The van der Waals surface area contributed by atoms with Crippen molar-refractivity contribution in [2.24, 2.45) is 0 Å². The molecule has 0 aliphatic carbocycles. The topological polar surface area (TPSA) is 9.23 Å². The molecule has 2 aromatic rings. The Morgan fingerprint density at radius 1 is 0.833 bits per heavy atom. The van der Waals surface area contributed by atoms with Crippen molar-refractivity contribution in [3.63, 3.8) is 0 Å². The summed E-state index contributed by atoms with van der Waals surface area (Å²) in [5.74, 6) is -2.52. The second kappa shape index (κ2) is 4.68. The van der Waals surface area contributed by atoms with E-state index in [1.54, 1.807) is 6.07 Å². The maximum Gasteiger partial charge on any atom is 0.426 e. The van der Waals surface area contributed by atoms with Crippen LogP contribution >= 0.6 is 0 Å². The zero-order valence-electron chi connectivity index (χ0n) is 9.04. The molecule has 5 heteroatoms. The van der Waals surface area contributed by atoms with Crippen molar-refractivity contribution >= 4 is 0 Å². The van der Waals surface area contributed by atoms with E-state index in [-0.39, 0.29) is 0 Å². The fourth-order valence-electron chi connectivity index (χ4n) is 1.43. The summed E-state index contributed by atoms with van der Waals surface area (Å²) in [6.07, 6.45) is -3.65. The van der Waals surface area contributed by atoms with E-state index >= 15 is 0 Å². The normalized spacial score (nSPS) is 11.3. The summed E-state index contributed by atoms with van der Waals surface area (Å²) < 4.78 is 57.3. The molecule has 1 nitrogen and oxygen atoms in total. The van der Waals surface area contributed by atoms with Gasteiger partial charge in [0.1, 0.15) is 17.4 Å². The van der Waals surface area contributed by atoms with Crippen LogP contribution in [0.1, 0.15) is 5.56 Å². The molecule has 0 heterocycles. The van der Waals surface area contributed by atoms with E-state index in [1.807, 2.05) is 0 Å². The number of hydrogen-bond acceptors (Lipinski definition) is 1. The summed E-state index contributed by atoms with van der Waals surface area (Å²) in [5, 5.41) is 0. The molecule has 0 atom stereocenters. The number of benzene rings is 2. The average molecular weight is 256 g/mol. The lowest BCUT2D eigenvalue weighted by Gasteiger charge is -2.18. The van der Waals surface area contributed by atoms with Gasteiger partial charge in [-0.1, -0.05) is 18.2 Å². The standard InChI is InChI=1S/C13H8F4O/c14-10-6-11(15)8-12(7-10)18-13(16,17)9-4-2-1-3-5-9/h1-8H. The third kappa shape index (κ3) is 2.80. The largest absolute Gasteiger partial charge is 0.429 e. The van der Waals surface area contributed by atoms with Gasteiger partial charge >= 0.3 is 6.11 Å². The van der Waals surface area contributed by atoms with Crippen LogP contribution in [0.15, 0.2) is 48.5 Å². The van der Waals surface area contributed by atoms with Gasteiger partial charge in [-0.25, -0.2) is 8.78 Å². The molecule has 0 N–H and O–H groups in total. The van der Waals surface area contributed by atoms with Gasteiger partial charge in [0.15, 0.2) is 0 Å². The Hall–Kier alpha value is -2.04. The molecular weight excluding hydrogens is 248 g/mol. The van der Waals surface area contributed by atoms with Crippen LogP contribution in [0, 0.1) is 11.6 Å². The molecule has 18 heavy (non-hydrogen) atoms. The van der Waals surface area contributed by atoms with Crippen molar-refractivity contribution in [1.82, 2.24) is 0 Å². The van der Waals surface area contributed by atoms with E-state index in [4.69, 9.17) is 0 Å². The molecule has 0 spiro atoms. The molecule has 0 amide bonds. The van der Waals surface area contributed by atoms with Gasteiger partial charge < -0.3 is 4.74 Å². The summed E-state index contributed by atoms with van der Waals surface area (Å²) in [6, 6.07) is 8.69. The average Bonchev–Trinajstić information content (AvgIpc) is 2.28. The minimum absolute atomic E-state index is 0.394. The van der Waals surface area contributed by atoms with Crippen LogP contribution in [0.2, 0.25) is 0 Å². The van der Waals surface area contributed by atoms with E-state index in [9.17, 15) is 17.6 Å². The molecule has 0 bridgehead atoms. The van der Waals surface area contributed by atoms with Crippen molar-refractivity contribution in [3.05, 3.63) is 65.7 Å². The molecule has 0 saturated carbocycles. The Morgan fingerprint density at radius 3 is 1.94 bits per heavy atom. The second-order valence-corrected chi connectivity index (χ2v) is 3.59. The fraction of sp³-hybridized carbons (Fsp3) is 0.0769. The molecule has 2 aromatic carbocycles. The summed E-state index contributed by atoms with van der Waals surface area (Å²) >= 11 is 0. The highest BCUT2D eigenvalue weighted by Gasteiger charge is 2.34. The van der Waals surface area contributed by atoms with Crippen molar-refractivity contribution in [3.8, 4) is 5.75 Å². The molecular formula is C13H8F4O. The highest BCUT2D eigenvalue weighted by molar-refractivity contribution is 5.26. The highest BCUT2D eigenvalue weighted by Crippen LogP contribution is 2.31. The summed E-state index contributed by atoms with van der Waals surface area (Å²) in [6.45, 7) is 0. The molecule has 0 fully saturated rings. The van der Waals surface area contributed by atoms with Crippen molar-refractivity contribution in [1.29, 1.82) is 0 Å². The van der Waals surface area contributed by atoms with Gasteiger partial charge in [-0.05, 0) is 12.1 Å². The monoisotopic (exact) mass is 256 g/mol. The van der Waals surface area contributed by atoms with Gasteiger partial charge in [0.2, 0.25) is 0 Å². The Bertz CT molecular complexity index is 520. The minimum atomic E-state index is -3.65. The van der Waals surface area contributed by atoms with Crippen LogP contribution in [0.4, 0.5) is 17.6 Å². The van der Waals surface area contributed by atoms with Crippen molar-refractivity contribution < 1.29 is 22.3 Å². The Labute approximate surface area is 101 Å². The van der Waals surface area contributed by atoms with E-state index < -0.39 is 29.1 Å². The zero-order chi connectivity index (χ0) is 13.2. The van der Waals surface area contributed by atoms with Crippen molar-refractivity contribution in [2.45, 2.75) is 6.11 Å². The van der Waals surface area contributed by atoms with E-state index in [0.29, 0.717) is 18.2 Å². The highest BCUT2D eigenvalue weighted by atomic mass is 19.3. The molecule has 94 valence electrons. The molecule has 0 saturated heterocycles. The molecule has 0 aliphatic rings. The summed E-state index contributed by atoms with van der Waals surface area (Å²) in [5.41, 5.74) is -0.394. The molecule has 0 aliphatic heterocycles. The van der Waals surface area contributed by atoms with E-state index in [0.717, 1.165) is 12.1 Å². The van der Waals surface area contributed by atoms with E-state index in [2.05, 4.69) is 4.74 Å². The van der Waals surface area contributed by atoms with Crippen LogP contribution in [0.5, 0.6) is 5.75 Å². The van der Waals surface area contributed by atoms with Gasteiger partial charge in [-0.2, -0.15) is 8.78 Å². The summed E-state index contributed by atoms with van der Waals surface area (Å²) in [4.78, 5) is 0. The SMILES string of the molecule is Fc1cc(F)cc(OC(F)(F)c2ccccc2)c1. The lowest BCUT2D eigenvalue weighted by Crippen LogP contribution is -2.21. The van der Waals surface area contributed by atoms with Gasteiger partial charge in [-0.15, -0.1) is 0 Å². The minimum Gasteiger partial charge on any atom is -0.429 e. The van der Waals surface area contributed by atoms with Crippen LogP contribution < -0.4 is 4.74 Å². The van der Waals surface area contributed by atoms with Gasteiger partial charge in [0.05, 0.1) is 5.56 Å². The lowest BCUT2D eigenvalue weighted by atomic mass is 10.2. The molecule has 0 radical (unpaired) electrons. The first-order valence-corrected chi connectivity index (χ1v) is 5.06. The first kappa shape index (κ1) is 12.4. The Balaban J connectivity index is 2.27. The maximum absolute atomic E-state index is 13.6. The lowest BCUT2D eigenvalue weighted by molar-refractivity contribution is -0.185. The van der Waals surface area contributed by atoms with Gasteiger partial charge in [0.25, 0.3) is 0 Å². The summed E-state index contributed by atoms with van der Waals surface area (Å²) in [7, 11) is 0. The maximum atomic E-state index is 13.6. The quantitative estimate of drug-likeness (QED) is 0.751. The van der Waals surface area contributed by atoms with Gasteiger partial charge in [-0.3, -0.25) is 0 Å². The first-order valence-electron chi connectivity index (χ1n) is 5.06. The number of rotatable bonds is 3. The van der Waals surface area contributed by atoms with E-state index in [1.165, 1.54) is 12.1 Å². The number of hydrogen-bond donors (Lipinski definition) is 0. The molecule has 0 aromatic heterocycles. The Morgan fingerprint density at radius 2 is 1.39 bits per heavy atom. The smallest absolute Gasteiger partial charge is 0.426 e. The van der Waals surface area contributed by atoms with Crippen LogP contribution in [0.3, 0.4) is 0 Å². The third-order valence-corrected chi connectivity index (χ3v) is 2.19. The second-order valence-electron chi connectivity index (χ2n) is 3.59. The fourth-order valence-corrected chi connectivity index (χ4v) is 1.43. The number of halogens is 4. The van der Waals surface area contributed by atoms with Crippen LogP contribution in [-0.4, -0.2) is 0 Å². The predicted molar refractivity (Wildman–Crippen MR) is 57.3 cm³/mol. The molecule has 0 unspecified atom stereocenters. The Kier molecular flexibility index (Phi) is 3.23. The first-order chi connectivity index (χ1) is 8.47. The van der Waals surface area contributed by atoms with Crippen LogP contribution in [0.25, 0.3) is 0 Å². The number of alkyl halides is 2. The van der Waals surface area contributed by atoms with Crippen molar-refractivity contribution in [2.75, 3.05) is 0 Å². The van der Waals surface area contributed by atoms with Crippen LogP contribution in [-0.2, 0) is 6.11 Å². The third-order valence-electron chi connectivity index (χ3n) is 2.19.